The van der Waals surface area contributed by atoms with Crippen molar-refractivity contribution in [2.75, 3.05) is 13.2 Å². The predicted molar refractivity (Wildman–Crippen MR) is 73.0 cm³/mol. The van der Waals surface area contributed by atoms with E-state index in [9.17, 15) is 10.1 Å². The van der Waals surface area contributed by atoms with Crippen molar-refractivity contribution < 1.29 is 9.66 Å². The summed E-state index contributed by atoms with van der Waals surface area (Å²) in [5.74, 6) is 0. The molecule has 19 heavy (non-hydrogen) atoms. The number of hydrogen-bond donors (Lipinski definition) is 1. The molecule has 5 nitrogen and oxygen atoms in total. The van der Waals surface area contributed by atoms with Crippen LogP contribution in [-0.4, -0.2) is 24.3 Å². The Morgan fingerprint density at radius 1 is 1.26 bits per heavy atom. The topological polar surface area (TPSA) is 64.4 Å². The number of non-ortho nitro benzene ring substituents is 1. The maximum atomic E-state index is 10.5. The van der Waals surface area contributed by atoms with E-state index in [2.05, 4.69) is 5.32 Å². The number of hydrogen-bond acceptors (Lipinski definition) is 4. The van der Waals surface area contributed by atoms with Gasteiger partial charge in [-0.2, -0.15) is 0 Å². The molecule has 2 rings (SSSR count). The van der Waals surface area contributed by atoms with Crippen LogP contribution in [0, 0.1) is 10.1 Å². The molecule has 1 fully saturated rings. The van der Waals surface area contributed by atoms with Gasteiger partial charge in [0, 0.05) is 12.1 Å². The second-order valence-corrected chi connectivity index (χ2v) is 4.84. The van der Waals surface area contributed by atoms with Crippen LogP contribution in [0.2, 0.25) is 0 Å². The molecule has 0 radical (unpaired) electrons. The van der Waals surface area contributed by atoms with Crippen LogP contribution < -0.4 is 5.32 Å². The van der Waals surface area contributed by atoms with Crippen LogP contribution in [0.1, 0.15) is 31.2 Å². The molecule has 5 heteroatoms. The van der Waals surface area contributed by atoms with Gasteiger partial charge in [-0.15, -0.1) is 0 Å². The van der Waals surface area contributed by atoms with Crippen molar-refractivity contribution in [2.24, 2.45) is 0 Å². The summed E-state index contributed by atoms with van der Waals surface area (Å²) in [6.07, 6.45) is 5.74. The summed E-state index contributed by atoms with van der Waals surface area (Å²) in [7, 11) is 0. The summed E-state index contributed by atoms with van der Waals surface area (Å²) in [5, 5.41) is 13.9. The predicted octanol–water partition coefficient (Wildman–Crippen LogP) is 2.64. The first-order valence-electron chi connectivity index (χ1n) is 6.84. The second-order valence-electron chi connectivity index (χ2n) is 4.84. The molecule has 1 atom stereocenters. The SMILES string of the molecule is O=[N+]([O-])c1ccc(CCOC2CCCCCN2)cc1. The van der Waals surface area contributed by atoms with Crippen LogP contribution in [0.15, 0.2) is 24.3 Å². The number of ether oxygens (including phenoxy) is 1. The van der Waals surface area contributed by atoms with Crippen LogP contribution in [0.5, 0.6) is 0 Å². The zero-order valence-corrected chi connectivity index (χ0v) is 11.0. The quantitative estimate of drug-likeness (QED) is 0.656. The van der Waals surface area contributed by atoms with Gasteiger partial charge in [0.25, 0.3) is 5.69 Å². The first kappa shape index (κ1) is 14.0. The van der Waals surface area contributed by atoms with Gasteiger partial charge in [0.15, 0.2) is 0 Å². The normalized spacial score (nSPS) is 19.9. The Hall–Kier alpha value is -1.46. The van der Waals surface area contributed by atoms with Crippen LogP contribution in [0.3, 0.4) is 0 Å². The molecule has 1 N–H and O–H groups in total. The summed E-state index contributed by atoms with van der Waals surface area (Å²) in [6, 6.07) is 6.67. The van der Waals surface area contributed by atoms with Crippen molar-refractivity contribution in [1.82, 2.24) is 5.32 Å². The van der Waals surface area contributed by atoms with Gasteiger partial charge in [-0.05, 0) is 37.8 Å². The van der Waals surface area contributed by atoms with Gasteiger partial charge in [-0.25, -0.2) is 0 Å². The fourth-order valence-electron chi connectivity index (χ4n) is 2.24. The van der Waals surface area contributed by atoms with E-state index in [1.807, 2.05) is 0 Å². The van der Waals surface area contributed by atoms with Crippen LogP contribution in [-0.2, 0) is 11.2 Å². The van der Waals surface area contributed by atoms with Gasteiger partial charge in [0.1, 0.15) is 6.23 Å². The summed E-state index contributed by atoms with van der Waals surface area (Å²) in [5.41, 5.74) is 1.20. The lowest BCUT2D eigenvalue weighted by atomic mass is 10.1. The third kappa shape index (κ3) is 4.61. The molecule has 0 spiro atoms. The lowest BCUT2D eigenvalue weighted by Gasteiger charge is -2.16. The van der Waals surface area contributed by atoms with Gasteiger partial charge in [-0.1, -0.05) is 18.6 Å². The van der Waals surface area contributed by atoms with E-state index in [1.165, 1.54) is 19.3 Å². The van der Waals surface area contributed by atoms with Crippen LogP contribution in [0.4, 0.5) is 5.69 Å². The lowest BCUT2D eigenvalue weighted by Crippen LogP contribution is -2.31. The van der Waals surface area contributed by atoms with Crippen molar-refractivity contribution in [2.45, 2.75) is 38.3 Å². The zero-order valence-electron chi connectivity index (χ0n) is 11.0. The minimum Gasteiger partial charge on any atom is -0.363 e. The number of nitrogens with one attached hydrogen (secondary N) is 1. The van der Waals surface area contributed by atoms with Gasteiger partial charge < -0.3 is 4.74 Å². The Balaban J connectivity index is 1.74. The van der Waals surface area contributed by atoms with E-state index in [-0.39, 0.29) is 16.8 Å². The van der Waals surface area contributed by atoms with Gasteiger partial charge in [-0.3, -0.25) is 15.4 Å². The van der Waals surface area contributed by atoms with Crippen molar-refractivity contribution in [3.63, 3.8) is 0 Å². The highest BCUT2D eigenvalue weighted by Crippen LogP contribution is 2.13. The molecule has 0 aromatic heterocycles. The molecule has 1 heterocycles. The molecule has 1 aromatic carbocycles. The largest absolute Gasteiger partial charge is 0.363 e. The van der Waals surface area contributed by atoms with E-state index >= 15 is 0 Å². The van der Waals surface area contributed by atoms with E-state index in [0.29, 0.717) is 6.61 Å². The molecule has 1 aromatic rings. The summed E-state index contributed by atoms with van der Waals surface area (Å²) < 4.78 is 5.80. The Kier molecular flexibility index (Phi) is 5.30. The summed E-state index contributed by atoms with van der Waals surface area (Å²) in [6.45, 7) is 1.68. The summed E-state index contributed by atoms with van der Waals surface area (Å²) in [4.78, 5) is 10.2. The van der Waals surface area contributed by atoms with Gasteiger partial charge in [0.05, 0.1) is 11.5 Å². The lowest BCUT2D eigenvalue weighted by molar-refractivity contribution is -0.384. The summed E-state index contributed by atoms with van der Waals surface area (Å²) >= 11 is 0. The molecule has 1 saturated heterocycles. The standard InChI is InChI=1S/C14H20N2O3/c17-16(18)13-7-5-12(6-8-13)9-11-19-14-4-2-1-3-10-15-14/h5-8,14-15H,1-4,9-11H2. The van der Waals surface area contributed by atoms with Crippen molar-refractivity contribution in [3.05, 3.63) is 39.9 Å². The highest BCUT2D eigenvalue weighted by Gasteiger charge is 2.11. The zero-order chi connectivity index (χ0) is 13.5. The van der Waals surface area contributed by atoms with E-state index in [0.717, 1.165) is 24.9 Å². The highest BCUT2D eigenvalue weighted by atomic mass is 16.6. The van der Waals surface area contributed by atoms with Gasteiger partial charge in [0.2, 0.25) is 0 Å². The molecule has 1 aliphatic heterocycles. The maximum Gasteiger partial charge on any atom is 0.269 e. The Labute approximate surface area is 113 Å². The second kappa shape index (κ2) is 7.21. The van der Waals surface area contributed by atoms with E-state index in [4.69, 9.17) is 4.74 Å². The highest BCUT2D eigenvalue weighted by molar-refractivity contribution is 5.32. The van der Waals surface area contributed by atoms with E-state index < -0.39 is 0 Å². The fourth-order valence-corrected chi connectivity index (χ4v) is 2.24. The molecular weight excluding hydrogens is 244 g/mol. The minimum atomic E-state index is -0.379. The first-order chi connectivity index (χ1) is 9.25. The number of nitro groups is 1. The van der Waals surface area contributed by atoms with Crippen LogP contribution in [0.25, 0.3) is 0 Å². The Bertz CT molecular complexity index is 398. The number of nitrogens with zero attached hydrogens (tertiary/aromatic N) is 1. The molecule has 0 saturated carbocycles. The third-order valence-electron chi connectivity index (χ3n) is 3.37. The monoisotopic (exact) mass is 264 g/mol. The van der Waals surface area contributed by atoms with Crippen molar-refractivity contribution in [3.8, 4) is 0 Å². The Morgan fingerprint density at radius 2 is 2.05 bits per heavy atom. The molecule has 1 unspecified atom stereocenters. The minimum absolute atomic E-state index is 0.134. The fraction of sp³-hybridized carbons (Fsp3) is 0.571. The first-order valence-corrected chi connectivity index (χ1v) is 6.84. The molecular formula is C14H20N2O3. The van der Waals surface area contributed by atoms with Crippen molar-refractivity contribution in [1.29, 1.82) is 0 Å². The smallest absolute Gasteiger partial charge is 0.269 e. The molecule has 0 amide bonds. The molecule has 104 valence electrons. The number of nitro benzene ring substituents is 1. The van der Waals surface area contributed by atoms with E-state index in [1.54, 1.807) is 24.3 Å². The molecule has 1 aliphatic rings. The van der Waals surface area contributed by atoms with Crippen LogP contribution >= 0.6 is 0 Å². The van der Waals surface area contributed by atoms with Crippen molar-refractivity contribution >= 4 is 5.69 Å². The third-order valence-corrected chi connectivity index (χ3v) is 3.37. The average Bonchev–Trinajstić information content (AvgIpc) is 2.68. The molecule has 0 aliphatic carbocycles. The average molecular weight is 264 g/mol. The number of benzene rings is 1. The maximum absolute atomic E-state index is 10.5. The molecule has 0 bridgehead atoms. The number of rotatable bonds is 5. The Morgan fingerprint density at radius 3 is 2.79 bits per heavy atom. The van der Waals surface area contributed by atoms with Gasteiger partial charge >= 0.3 is 0 Å².